The van der Waals surface area contributed by atoms with Crippen LogP contribution in [-0.2, 0) is 30.9 Å². The molecular formula is C18H25N5O6S2. The predicted octanol–water partition coefficient (Wildman–Crippen LogP) is -0.0862. The molecule has 13 heteroatoms. The SMILES string of the molecule is CCOC(=O)CNC(=O)Cn1nc(C2CCCN(S(C)(=O)=O)C2)n(-c2cccs2)c1=O. The van der Waals surface area contributed by atoms with Crippen LogP contribution in [0.4, 0.5) is 0 Å². The molecule has 1 N–H and O–H groups in total. The number of hydrogen-bond donors (Lipinski definition) is 1. The van der Waals surface area contributed by atoms with E-state index in [4.69, 9.17) is 4.74 Å². The molecule has 1 aliphatic rings. The Labute approximate surface area is 183 Å². The van der Waals surface area contributed by atoms with Crippen LogP contribution in [-0.4, -0.2) is 71.4 Å². The number of carbonyl (C=O) groups excluding carboxylic acids is 2. The zero-order valence-corrected chi connectivity index (χ0v) is 18.9. The molecule has 1 atom stereocenters. The average molecular weight is 472 g/mol. The highest BCUT2D eigenvalue weighted by Gasteiger charge is 2.32. The van der Waals surface area contributed by atoms with E-state index >= 15 is 0 Å². The van der Waals surface area contributed by atoms with Gasteiger partial charge in [-0.3, -0.25) is 9.59 Å². The number of sulfonamides is 1. The van der Waals surface area contributed by atoms with Gasteiger partial charge in [-0.15, -0.1) is 11.3 Å². The van der Waals surface area contributed by atoms with Crippen molar-refractivity contribution in [3.05, 3.63) is 33.8 Å². The third-order valence-electron chi connectivity index (χ3n) is 4.84. The van der Waals surface area contributed by atoms with Crippen LogP contribution in [0.1, 0.15) is 31.5 Å². The Balaban J connectivity index is 1.87. The summed E-state index contributed by atoms with van der Waals surface area (Å²) in [5.74, 6) is -1.00. The number of ether oxygens (including phenoxy) is 1. The molecule has 1 fully saturated rings. The topological polar surface area (TPSA) is 133 Å². The fourth-order valence-corrected chi connectivity index (χ4v) is 5.07. The first kappa shape index (κ1) is 23.2. The van der Waals surface area contributed by atoms with E-state index in [2.05, 4.69) is 10.4 Å². The molecule has 170 valence electrons. The molecular weight excluding hydrogens is 446 g/mol. The van der Waals surface area contributed by atoms with E-state index in [1.54, 1.807) is 19.1 Å². The molecule has 0 spiro atoms. The Morgan fingerprint density at radius 2 is 2.16 bits per heavy atom. The summed E-state index contributed by atoms with van der Waals surface area (Å²) in [5, 5.41) is 9.24. The summed E-state index contributed by atoms with van der Waals surface area (Å²) in [4.78, 5) is 36.7. The smallest absolute Gasteiger partial charge is 0.351 e. The summed E-state index contributed by atoms with van der Waals surface area (Å²) in [5.41, 5.74) is -0.500. The van der Waals surface area contributed by atoms with Crippen LogP contribution >= 0.6 is 11.3 Å². The molecule has 2 aromatic rings. The van der Waals surface area contributed by atoms with Gasteiger partial charge < -0.3 is 10.1 Å². The van der Waals surface area contributed by atoms with Gasteiger partial charge in [-0.1, -0.05) is 0 Å². The lowest BCUT2D eigenvalue weighted by Gasteiger charge is -2.30. The molecule has 31 heavy (non-hydrogen) atoms. The molecule has 2 aromatic heterocycles. The monoisotopic (exact) mass is 471 g/mol. The van der Waals surface area contributed by atoms with Crippen molar-refractivity contribution in [1.82, 2.24) is 24.0 Å². The van der Waals surface area contributed by atoms with E-state index < -0.39 is 27.6 Å². The van der Waals surface area contributed by atoms with E-state index in [0.717, 1.165) is 10.9 Å². The van der Waals surface area contributed by atoms with Crippen molar-refractivity contribution in [2.24, 2.45) is 0 Å². The number of thiophene rings is 1. The summed E-state index contributed by atoms with van der Waals surface area (Å²) in [7, 11) is -3.37. The number of piperidine rings is 1. The lowest BCUT2D eigenvalue weighted by molar-refractivity contribution is -0.143. The van der Waals surface area contributed by atoms with Gasteiger partial charge in [0.2, 0.25) is 15.9 Å². The minimum atomic E-state index is -3.37. The zero-order valence-electron chi connectivity index (χ0n) is 17.3. The lowest BCUT2D eigenvalue weighted by atomic mass is 9.99. The molecule has 0 radical (unpaired) electrons. The highest BCUT2D eigenvalue weighted by atomic mass is 32.2. The third-order valence-corrected chi connectivity index (χ3v) is 6.96. The van der Waals surface area contributed by atoms with Gasteiger partial charge >= 0.3 is 11.7 Å². The van der Waals surface area contributed by atoms with Gasteiger partial charge in [0, 0.05) is 19.0 Å². The van der Waals surface area contributed by atoms with Gasteiger partial charge in [-0.2, -0.15) is 5.10 Å². The number of hydrogen-bond acceptors (Lipinski definition) is 8. The maximum absolute atomic E-state index is 13.1. The van der Waals surface area contributed by atoms with Crippen LogP contribution in [0.15, 0.2) is 22.3 Å². The predicted molar refractivity (Wildman–Crippen MR) is 114 cm³/mol. The van der Waals surface area contributed by atoms with E-state index in [9.17, 15) is 22.8 Å². The Hall–Kier alpha value is -2.51. The van der Waals surface area contributed by atoms with E-state index in [1.807, 2.05) is 5.38 Å². The van der Waals surface area contributed by atoms with E-state index in [1.165, 1.54) is 20.2 Å². The maximum atomic E-state index is 13.1. The Bertz CT molecular complexity index is 1090. The van der Waals surface area contributed by atoms with Crippen LogP contribution in [0, 0.1) is 0 Å². The number of nitrogens with zero attached hydrogens (tertiary/aromatic N) is 4. The normalized spacial score (nSPS) is 17.4. The summed E-state index contributed by atoms with van der Waals surface area (Å²) in [6.45, 7) is 1.84. The van der Waals surface area contributed by atoms with E-state index in [0.29, 0.717) is 30.2 Å². The van der Waals surface area contributed by atoms with Crippen molar-refractivity contribution in [2.75, 3.05) is 32.5 Å². The molecule has 1 amide bonds. The van der Waals surface area contributed by atoms with Crippen molar-refractivity contribution in [3.8, 4) is 5.00 Å². The van der Waals surface area contributed by atoms with Gasteiger partial charge in [0.05, 0.1) is 12.9 Å². The first-order chi connectivity index (χ1) is 14.7. The second-order valence-electron chi connectivity index (χ2n) is 7.13. The Morgan fingerprint density at radius 3 is 2.81 bits per heavy atom. The Morgan fingerprint density at radius 1 is 1.39 bits per heavy atom. The zero-order chi connectivity index (χ0) is 22.6. The second kappa shape index (κ2) is 9.75. The van der Waals surface area contributed by atoms with Crippen molar-refractivity contribution in [1.29, 1.82) is 0 Å². The van der Waals surface area contributed by atoms with Crippen LogP contribution < -0.4 is 11.0 Å². The van der Waals surface area contributed by atoms with Crippen LogP contribution in [0.3, 0.4) is 0 Å². The van der Waals surface area contributed by atoms with Gasteiger partial charge in [0.25, 0.3) is 0 Å². The summed E-state index contributed by atoms with van der Waals surface area (Å²) >= 11 is 1.34. The highest BCUT2D eigenvalue weighted by Crippen LogP contribution is 2.28. The number of aromatic nitrogens is 3. The molecule has 3 rings (SSSR count). The van der Waals surface area contributed by atoms with Gasteiger partial charge in [-0.25, -0.2) is 26.8 Å². The molecule has 3 heterocycles. The first-order valence-electron chi connectivity index (χ1n) is 9.81. The number of esters is 1. The molecule has 1 unspecified atom stereocenters. The number of carbonyl (C=O) groups is 2. The first-order valence-corrected chi connectivity index (χ1v) is 12.5. The van der Waals surface area contributed by atoms with Gasteiger partial charge in [-0.05, 0) is 37.3 Å². The van der Waals surface area contributed by atoms with Crippen LogP contribution in [0.2, 0.25) is 0 Å². The third kappa shape index (κ3) is 5.60. The number of rotatable bonds is 8. The molecule has 0 saturated carbocycles. The summed E-state index contributed by atoms with van der Waals surface area (Å²) in [6.07, 6.45) is 2.47. The van der Waals surface area contributed by atoms with E-state index in [-0.39, 0.29) is 32.2 Å². The number of amides is 1. The minimum Gasteiger partial charge on any atom is -0.465 e. The van der Waals surface area contributed by atoms with Crippen LogP contribution in [0.25, 0.3) is 5.00 Å². The van der Waals surface area contributed by atoms with Crippen LogP contribution in [0.5, 0.6) is 0 Å². The highest BCUT2D eigenvalue weighted by molar-refractivity contribution is 7.88. The van der Waals surface area contributed by atoms with Gasteiger partial charge in [0.1, 0.15) is 23.9 Å². The van der Waals surface area contributed by atoms with Gasteiger partial charge in [0.15, 0.2) is 0 Å². The largest absolute Gasteiger partial charge is 0.465 e. The summed E-state index contributed by atoms with van der Waals surface area (Å²) < 4.78 is 32.6. The fourth-order valence-electron chi connectivity index (χ4n) is 3.43. The molecule has 0 aliphatic carbocycles. The Kier molecular flexibility index (Phi) is 7.28. The quantitative estimate of drug-likeness (QED) is 0.532. The second-order valence-corrected chi connectivity index (χ2v) is 10.0. The molecule has 0 bridgehead atoms. The maximum Gasteiger partial charge on any atom is 0.351 e. The van der Waals surface area contributed by atoms with Crippen molar-refractivity contribution in [3.63, 3.8) is 0 Å². The molecule has 0 aromatic carbocycles. The molecule has 1 saturated heterocycles. The number of nitrogens with one attached hydrogen (secondary N) is 1. The van der Waals surface area contributed by atoms with Crippen molar-refractivity contribution in [2.45, 2.75) is 32.2 Å². The fraction of sp³-hybridized carbons (Fsp3) is 0.556. The standard InChI is InChI=1S/C18H25N5O6S2/c1-3-29-16(25)10-19-14(24)12-22-18(26)23(15-7-5-9-30-15)17(20-22)13-6-4-8-21(11-13)31(2,27)28/h5,7,9,13H,3-4,6,8,10-12H2,1-2H3,(H,19,24). The molecule has 11 nitrogen and oxygen atoms in total. The lowest BCUT2D eigenvalue weighted by Crippen LogP contribution is -2.39. The molecule has 1 aliphatic heterocycles. The average Bonchev–Trinajstić information content (AvgIpc) is 3.34. The van der Waals surface area contributed by atoms with Crippen molar-refractivity contribution < 1.29 is 22.7 Å². The summed E-state index contributed by atoms with van der Waals surface area (Å²) in [6, 6.07) is 3.56. The van der Waals surface area contributed by atoms with Crippen molar-refractivity contribution >= 4 is 33.2 Å². The minimum absolute atomic E-state index is 0.203.